The smallest absolute Gasteiger partial charge is 0.111 e. The van der Waals surface area contributed by atoms with E-state index in [0.29, 0.717) is 16.7 Å². The Morgan fingerprint density at radius 2 is 1.74 bits per heavy atom. The van der Waals surface area contributed by atoms with Crippen molar-refractivity contribution in [2.45, 2.75) is 118 Å². The highest BCUT2D eigenvalue weighted by atomic mass is 16.3. The number of nitrogens with one attached hydrogen (secondary N) is 1. The molecule has 1 heterocycles. The molecule has 10 atom stereocenters. The lowest BCUT2D eigenvalue weighted by Gasteiger charge is -2.61. The minimum atomic E-state index is -0.455. The molecule has 1 aromatic heterocycles. The van der Waals surface area contributed by atoms with E-state index in [4.69, 9.17) is 0 Å². The van der Waals surface area contributed by atoms with Gasteiger partial charge in [0, 0.05) is 0 Å². The Balaban J connectivity index is 1.26. The van der Waals surface area contributed by atoms with Crippen molar-refractivity contribution in [3.05, 3.63) is 11.9 Å². The molecule has 192 valence electrons. The molecule has 0 amide bonds. The predicted octanol–water partition coefficient (Wildman–Crippen LogP) is 7.58. The Hall–Kier alpha value is -0.900. The van der Waals surface area contributed by atoms with E-state index in [-0.39, 0.29) is 0 Å². The summed E-state index contributed by atoms with van der Waals surface area (Å²) in [6, 6.07) is 0. The van der Waals surface area contributed by atoms with Crippen LogP contribution in [0, 0.1) is 58.2 Å². The zero-order chi connectivity index (χ0) is 24.1. The molecule has 3 unspecified atom stereocenters. The summed E-state index contributed by atoms with van der Waals surface area (Å²) in [6.07, 6.45) is 17.8. The second-order valence-corrected chi connectivity index (χ2v) is 14.1. The van der Waals surface area contributed by atoms with Crippen molar-refractivity contribution in [2.75, 3.05) is 0 Å². The van der Waals surface area contributed by atoms with Gasteiger partial charge in [0.25, 0.3) is 0 Å². The summed E-state index contributed by atoms with van der Waals surface area (Å²) < 4.78 is 0. The van der Waals surface area contributed by atoms with Crippen LogP contribution in [0.5, 0.6) is 0 Å². The van der Waals surface area contributed by atoms with Gasteiger partial charge < -0.3 is 5.11 Å². The number of aliphatic hydroxyl groups excluding tert-OH is 1. The summed E-state index contributed by atoms with van der Waals surface area (Å²) in [7, 11) is 0. The first kappa shape index (κ1) is 24.8. The molecule has 0 spiro atoms. The highest BCUT2D eigenvalue weighted by Crippen LogP contribution is 2.69. The highest BCUT2D eigenvalue weighted by Gasteiger charge is 2.60. The second-order valence-electron chi connectivity index (χ2n) is 14.1. The molecule has 0 aromatic carbocycles. The van der Waals surface area contributed by atoms with E-state index >= 15 is 0 Å². The van der Waals surface area contributed by atoms with Gasteiger partial charge in [-0.15, -0.1) is 0 Å². The zero-order valence-corrected chi connectivity index (χ0v) is 22.6. The first-order chi connectivity index (χ1) is 16.2. The summed E-state index contributed by atoms with van der Waals surface area (Å²) >= 11 is 0. The first-order valence-corrected chi connectivity index (χ1v) is 14.8. The topological polar surface area (TPSA) is 61.8 Å². The molecule has 0 saturated heterocycles. The van der Waals surface area contributed by atoms with Crippen molar-refractivity contribution >= 4 is 0 Å². The van der Waals surface area contributed by atoms with Crippen molar-refractivity contribution in [3.63, 3.8) is 0 Å². The number of nitrogens with zero attached hydrogens (tertiary/aromatic N) is 2. The molecule has 4 aliphatic carbocycles. The molecule has 4 heteroatoms. The van der Waals surface area contributed by atoms with Crippen LogP contribution in [0.4, 0.5) is 0 Å². The van der Waals surface area contributed by atoms with E-state index in [9.17, 15) is 5.11 Å². The minimum absolute atomic E-state index is 0.344. The van der Waals surface area contributed by atoms with Crippen molar-refractivity contribution < 1.29 is 5.11 Å². The predicted molar refractivity (Wildman–Crippen MR) is 138 cm³/mol. The number of fused-ring (bicyclic) bond motifs is 5. The number of rotatable bonds is 7. The van der Waals surface area contributed by atoms with Gasteiger partial charge in [-0.3, -0.25) is 0 Å². The number of aromatic nitrogens is 3. The third-order valence-corrected chi connectivity index (χ3v) is 12.1. The fraction of sp³-hybridized carbons (Fsp3) is 0.933. The van der Waals surface area contributed by atoms with Crippen LogP contribution in [-0.4, -0.2) is 20.5 Å². The molecule has 4 nitrogen and oxygen atoms in total. The fourth-order valence-electron chi connectivity index (χ4n) is 10.2. The van der Waals surface area contributed by atoms with Gasteiger partial charge in [0.2, 0.25) is 0 Å². The number of aliphatic hydroxyl groups is 1. The molecule has 5 rings (SSSR count). The van der Waals surface area contributed by atoms with Gasteiger partial charge in [-0.25, -0.2) is 0 Å². The molecule has 0 radical (unpaired) electrons. The Labute approximate surface area is 208 Å². The van der Waals surface area contributed by atoms with Gasteiger partial charge in [-0.1, -0.05) is 53.9 Å². The molecule has 2 N–H and O–H groups in total. The van der Waals surface area contributed by atoms with E-state index in [2.05, 4.69) is 50.0 Å². The molecule has 0 bridgehead atoms. The van der Waals surface area contributed by atoms with Gasteiger partial charge in [-0.05, 0) is 116 Å². The van der Waals surface area contributed by atoms with Crippen molar-refractivity contribution in [3.8, 4) is 0 Å². The second kappa shape index (κ2) is 9.52. The number of aromatic amines is 1. The molecular formula is C30H51N3O. The summed E-state index contributed by atoms with van der Waals surface area (Å²) in [6.45, 7) is 12.7. The third-order valence-electron chi connectivity index (χ3n) is 12.1. The SMILES string of the molecule is CC(C)CCC[C@@H](C)[C@H]1CC[C@H]2[C@@H]3CCC4CC(C(O)c5cn[nH]n5)CC[C@]4(C)[C@H]3CC[C@]12C. The lowest BCUT2D eigenvalue weighted by molar-refractivity contribution is -0.129. The van der Waals surface area contributed by atoms with Crippen LogP contribution < -0.4 is 0 Å². The lowest BCUT2D eigenvalue weighted by Crippen LogP contribution is -2.54. The van der Waals surface area contributed by atoms with E-state index in [1.165, 1.54) is 70.6 Å². The molecule has 4 fully saturated rings. The van der Waals surface area contributed by atoms with Crippen LogP contribution in [0.2, 0.25) is 0 Å². The van der Waals surface area contributed by atoms with E-state index < -0.39 is 6.10 Å². The van der Waals surface area contributed by atoms with Crippen LogP contribution in [-0.2, 0) is 0 Å². The number of H-pyrrole nitrogens is 1. The van der Waals surface area contributed by atoms with Crippen molar-refractivity contribution in [1.29, 1.82) is 0 Å². The van der Waals surface area contributed by atoms with Crippen LogP contribution >= 0.6 is 0 Å². The maximum Gasteiger partial charge on any atom is 0.111 e. The van der Waals surface area contributed by atoms with E-state index in [0.717, 1.165) is 53.5 Å². The van der Waals surface area contributed by atoms with E-state index in [1.54, 1.807) is 6.20 Å². The van der Waals surface area contributed by atoms with Crippen LogP contribution in [0.1, 0.15) is 123 Å². The molecule has 34 heavy (non-hydrogen) atoms. The van der Waals surface area contributed by atoms with Gasteiger partial charge in [0.15, 0.2) is 0 Å². The average Bonchev–Trinajstić information content (AvgIpc) is 3.45. The summed E-state index contributed by atoms with van der Waals surface area (Å²) in [4.78, 5) is 0. The van der Waals surface area contributed by atoms with Gasteiger partial charge >= 0.3 is 0 Å². The number of hydrogen-bond acceptors (Lipinski definition) is 3. The summed E-state index contributed by atoms with van der Waals surface area (Å²) in [5.41, 5.74) is 1.79. The van der Waals surface area contributed by atoms with Crippen LogP contribution in [0.15, 0.2) is 6.20 Å². The highest BCUT2D eigenvalue weighted by molar-refractivity contribution is 5.10. The van der Waals surface area contributed by atoms with Crippen molar-refractivity contribution in [1.82, 2.24) is 15.4 Å². The van der Waals surface area contributed by atoms with Gasteiger partial charge in [-0.2, -0.15) is 15.4 Å². The fourth-order valence-corrected chi connectivity index (χ4v) is 10.2. The Bertz CT molecular complexity index is 808. The Morgan fingerprint density at radius 1 is 0.971 bits per heavy atom. The Kier molecular flexibility index (Phi) is 6.94. The molecule has 1 aromatic rings. The zero-order valence-electron chi connectivity index (χ0n) is 22.6. The quantitative estimate of drug-likeness (QED) is 0.433. The first-order valence-electron chi connectivity index (χ1n) is 14.8. The molecule has 4 aliphatic rings. The van der Waals surface area contributed by atoms with Gasteiger partial charge in [0.1, 0.15) is 11.8 Å². The normalized spacial score (nSPS) is 43.7. The minimum Gasteiger partial charge on any atom is -0.386 e. The Morgan fingerprint density at radius 3 is 2.47 bits per heavy atom. The monoisotopic (exact) mass is 469 g/mol. The summed E-state index contributed by atoms with van der Waals surface area (Å²) in [5.74, 6) is 6.61. The van der Waals surface area contributed by atoms with Crippen LogP contribution in [0.3, 0.4) is 0 Å². The van der Waals surface area contributed by atoms with E-state index in [1.807, 2.05) is 0 Å². The molecule has 0 aliphatic heterocycles. The maximum atomic E-state index is 10.9. The maximum absolute atomic E-state index is 10.9. The third kappa shape index (κ3) is 4.18. The van der Waals surface area contributed by atoms with Crippen molar-refractivity contribution in [2.24, 2.45) is 58.2 Å². The standard InChI is InChI=1S/C30H51N3O/c1-19(2)7-6-8-20(3)24-11-12-25-23-10-9-22-17-21(28(34)27-18-31-33-32-27)13-15-29(22,4)26(23)14-16-30(24,25)5/h18-26,28,34H,6-17H2,1-5H3,(H,31,32,33)/t20-,21?,22?,23+,24-,25+,26+,28?,29+,30-/m1/s1. The lowest BCUT2D eigenvalue weighted by atomic mass is 9.43. The molecular weight excluding hydrogens is 418 g/mol. The largest absolute Gasteiger partial charge is 0.386 e. The van der Waals surface area contributed by atoms with Crippen LogP contribution in [0.25, 0.3) is 0 Å². The average molecular weight is 470 g/mol. The number of hydrogen-bond donors (Lipinski definition) is 2. The van der Waals surface area contributed by atoms with Gasteiger partial charge in [0.05, 0.1) is 6.20 Å². The summed E-state index contributed by atoms with van der Waals surface area (Å²) in [5, 5.41) is 21.7. The molecule has 4 saturated carbocycles.